The summed E-state index contributed by atoms with van der Waals surface area (Å²) in [5, 5.41) is 0. The first kappa shape index (κ1) is 38.7. The van der Waals surface area contributed by atoms with E-state index in [2.05, 4.69) is 0 Å². The predicted molar refractivity (Wildman–Crippen MR) is 158 cm³/mol. The predicted octanol–water partition coefficient (Wildman–Crippen LogP) is 7.18. The van der Waals surface area contributed by atoms with Crippen molar-refractivity contribution in [2.24, 2.45) is 0 Å². The second kappa shape index (κ2) is 21.4. The fourth-order valence-corrected chi connectivity index (χ4v) is 5.18. The number of hydrogen-bond acceptors (Lipinski definition) is 10. The lowest BCUT2D eigenvalue weighted by atomic mass is 10.1. The molecule has 10 nitrogen and oxygen atoms in total. The van der Waals surface area contributed by atoms with Crippen molar-refractivity contribution in [2.45, 2.75) is 101 Å². The Balaban J connectivity index is 5.17. The number of ether oxygens (including phenoxy) is 3. The summed E-state index contributed by atoms with van der Waals surface area (Å²) < 4.78 is 45.0. The number of rotatable bonds is 21. The number of carbonyl (C=O) groups is 3. The number of allylic oxidation sites excluding steroid dienone is 3. The summed E-state index contributed by atoms with van der Waals surface area (Å²) in [7, 11) is -4.17. The summed E-state index contributed by atoms with van der Waals surface area (Å²) in [6.07, 6.45) is 4.42. The van der Waals surface area contributed by atoms with E-state index in [1.54, 1.807) is 20.8 Å². The summed E-state index contributed by atoms with van der Waals surface area (Å²) in [6.45, 7) is 15.6. The van der Waals surface area contributed by atoms with Gasteiger partial charge in [0.2, 0.25) is 0 Å². The largest absolute Gasteiger partial charge is 0.475 e. The number of hydrogen-bond donors (Lipinski definition) is 0. The molecule has 0 heterocycles. The van der Waals surface area contributed by atoms with Gasteiger partial charge in [0.05, 0.1) is 19.8 Å². The molecule has 0 aromatic rings. The number of phosphoric ester groups is 1. The first-order valence-corrected chi connectivity index (χ1v) is 16.0. The second-order valence-corrected chi connectivity index (χ2v) is 10.8. The Labute approximate surface area is 246 Å². The summed E-state index contributed by atoms with van der Waals surface area (Å²) >= 11 is 0. The second-order valence-electron chi connectivity index (χ2n) is 9.16. The van der Waals surface area contributed by atoms with Crippen LogP contribution in [-0.2, 0) is 46.7 Å². The SMILES string of the molecule is CCC(CC)=C(C)C(=O)OCCOP(=O)(OCCOC(=O)C(C)=C(CC)CC)OCCOC(=O)C(C)=C(CC)CC. The van der Waals surface area contributed by atoms with Crippen LogP contribution in [0.4, 0.5) is 0 Å². The highest BCUT2D eigenvalue weighted by Crippen LogP contribution is 2.49. The van der Waals surface area contributed by atoms with Gasteiger partial charge >= 0.3 is 25.7 Å². The fraction of sp³-hybridized carbons (Fsp3) is 0.700. The monoisotopic (exact) mass is 602 g/mol. The van der Waals surface area contributed by atoms with Crippen molar-refractivity contribution in [1.82, 2.24) is 0 Å². The Morgan fingerprint density at radius 2 is 0.659 bits per heavy atom. The molecule has 0 amide bonds. The molecule has 0 rings (SSSR count). The molecule has 0 unspecified atom stereocenters. The topological polar surface area (TPSA) is 124 Å². The normalized spacial score (nSPS) is 11.0. The molecule has 11 heteroatoms. The molecule has 41 heavy (non-hydrogen) atoms. The molecule has 236 valence electrons. The lowest BCUT2D eigenvalue weighted by molar-refractivity contribution is -0.140. The zero-order valence-electron chi connectivity index (χ0n) is 26.5. The highest BCUT2D eigenvalue weighted by atomic mass is 31.2. The van der Waals surface area contributed by atoms with Gasteiger partial charge in [0.25, 0.3) is 0 Å². The first-order chi connectivity index (χ1) is 19.4. The molecule has 0 saturated heterocycles. The number of esters is 3. The Morgan fingerprint density at radius 3 is 0.854 bits per heavy atom. The molecule has 0 aromatic heterocycles. The summed E-state index contributed by atoms with van der Waals surface area (Å²) in [4.78, 5) is 36.9. The molecular weight excluding hydrogens is 551 g/mol. The van der Waals surface area contributed by atoms with Crippen molar-refractivity contribution in [3.63, 3.8) is 0 Å². The van der Waals surface area contributed by atoms with Gasteiger partial charge in [0.1, 0.15) is 19.8 Å². The molecule has 0 spiro atoms. The van der Waals surface area contributed by atoms with Crippen molar-refractivity contribution in [3.8, 4) is 0 Å². The van der Waals surface area contributed by atoms with E-state index < -0.39 is 25.7 Å². The maximum atomic E-state index is 13.2. The average Bonchev–Trinajstić information content (AvgIpc) is 2.97. The zero-order chi connectivity index (χ0) is 31.4. The van der Waals surface area contributed by atoms with Crippen LogP contribution in [0.15, 0.2) is 33.4 Å². The van der Waals surface area contributed by atoms with Crippen LogP contribution in [-0.4, -0.2) is 57.5 Å². The lowest BCUT2D eigenvalue weighted by Gasteiger charge is -2.18. The van der Waals surface area contributed by atoms with Crippen molar-refractivity contribution in [2.75, 3.05) is 39.6 Å². The van der Waals surface area contributed by atoms with Crippen LogP contribution in [0.25, 0.3) is 0 Å². The number of carbonyl (C=O) groups excluding carboxylic acids is 3. The molecule has 0 aliphatic rings. The zero-order valence-corrected chi connectivity index (χ0v) is 27.4. The van der Waals surface area contributed by atoms with Crippen LogP contribution in [0.2, 0.25) is 0 Å². The summed E-state index contributed by atoms with van der Waals surface area (Å²) in [6, 6.07) is 0. The molecule has 0 atom stereocenters. The van der Waals surface area contributed by atoms with Crippen LogP contribution >= 0.6 is 7.82 Å². The van der Waals surface area contributed by atoms with Gasteiger partial charge in [-0.1, -0.05) is 58.3 Å². The third-order valence-corrected chi connectivity index (χ3v) is 8.26. The first-order valence-electron chi connectivity index (χ1n) is 14.6. The molecule has 0 radical (unpaired) electrons. The quantitative estimate of drug-likeness (QED) is 0.0438. The Bertz CT molecular complexity index is 852. The Morgan fingerprint density at radius 1 is 0.439 bits per heavy atom. The molecule has 0 aromatic carbocycles. The van der Waals surface area contributed by atoms with E-state index in [4.69, 9.17) is 27.8 Å². The van der Waals surface area contributed by atoms with Crippen LogP contribution in [0.5, 0.6) is 0 Å². The molecule has 0 aliphatic carbocycles. The van der Waals surface area contributed by atoms with Gasteiger partial charge in [-0.25, -0.2) is 18.9 Å². The lowest BCUT2D eigenvalue weighted by Crippen LogP contribution is -2.16. The maximum absolute atomic E-state index is 13.2. The molecule has 0 N–H and O–H groups in total. The van der Waals surface area contributed by atoms with Gasteiger partial charge in [-0.15, -0.1) is 0 Å². The van der Waals surface area contributed by atoms with Gasteiger partial charge in [0, 0.05) is 16.7 Å². The van der Waals surface area contributed by atoms with Crippen LogP contribution in [0, 0.1) is 0 Å². The maximum Gasteiger partial charge on any atom is 0.475 e. The van der Waals surface area contributed by atoms with Crippen LogP contribution in [0.3, 0.4) is 0 Å². The van der Waals surface area contributed by atoms with E-state index >= 15 is 0 Å². The van der Waals surface area contributed by atoms with E-state index in [9.17, 15) is 18.9 Å². The van der Waals surface area contributed by atoms with Crippen LogP contribution in [0.1, 0.15) is 101 Å². The van der Waals surface area contributed by atoms with Crippen molar-refractivity contribution < 1.29 is 46.7 Å². The minimum absolute atomic E-state index is 0.181. The summed E-state index contributed by atoms with van der Waals surface area (Å²) in [5.74, 6) is -1.44. The van der Waals surface area contributed by atoms with E-state index in [1.807, 2.05) is 41.5 Å². The summed E-state index contributed by atoms with van der Waals surface area (Å²) in [5.41, 5.74) is 4.57. The Kier molecular flexibility index (Phi) is 20.3. The van der Waals surface area contributed by atoms with E-state index in [-0.39, 0.29) is 39.6 Å². The van der Waals surface area contributed by atoms with Gasteiger partial charge < -0.3 is 14.2 Å². The molecular formula is C30H51O10P. The van der Waals surface area contributed by atoms with Crippen LogP contribution < -0.4 is 0 Å². The molecule has 0 aliphatic heterocycles. The standard InChI is InChI=1S/C30H51O10P/c1-10-25(11-2)22(7)28(31)35-16-19-38-41(34,39-20-17-36-29(32)23(8)26(12-3)13-4)40-21-18-37-30(33)24(9)27(14-5)15-6/h10-21H2,1-9H3. The average molecular weight is 603 g/mol. The number of phosphoric acid groups is 1. The minimum atomic E-state index is -4.17. The van der Waals surface area contributed by atoms with Gasteiger partial charge in [0.15, 0.2) is 0 Å². The van der Waals surface area contributed by atoms with Crippen molar-refractivity contribution in [1.29, 1.82) is 0 Å². The molecule has 0 saturated carbocycles. The third-order valence-electron chi connectivity index (χ3n) is 6.77. The third kappa shape index (κ3) is 14.5. The highest BCUT2D eigenvalue weighted by Gasteiger charge is 2.27. The minimum Gasteiger partial charge on any atom is -0.460 e. The van der Waals surface area contributed by atoms with E-state index in [0.717, 1.165) is 55.2 Å². The molecule has 0 bridgehead atoms. The van der Waals surface area contributed by atoms with Crippen molar-refractivity contribution in [3.05, 3.63) is 33.4 Å². The van der Waals surface area contributed by atoms with E-state index in [0.29, 0.717) is 16.7 Å². The fourth-order valence-electron chi connectivity index (χ4n) is 4.06. The highest BCUT2D eigenvalue weighted by molar-refractivity contribution is 7.48. The van der Waals surface area contributed by atoms with Gasteiger partial charge in [-0.2, -0.15) is 0 Å². The van der Waals surface area contributed by atoms with Gasteiger partial charge in [-0.05, 0) is 59.3 Å². The van der Waals surface area contributed by atoms with Crippen molar-refractivity contribution >= 4 is 25.7 Å². The van der Waals surface area contributed by atoms with Gasteiger partial charge in [-0.3, -0.25) is 13.6 Å². The molecule has 0 fully saturated rings. The van der Waals surface area contributed by atoms with E-state index in [1.165, 1.54) is 0 Å². The smallest absolute Gasteiger partial charge is 0.460 e. The Hall–Kier alpha value is -2.26.